The van der Waals surface area contributed by atoms with Gasteiger partial charge >= 0.3 is 11.9 Å². The molecule has 0 spiro atoms. The molecule has 16 heteroatoms. The molecule has 1 heterocycles. The summed E-state index contributed by atoms with van der Waals surface area (Å²) in [7, 11) is 0. The first kappa shape index (κ1) is 31.0. The number of aliphatic hydroxyl groups excluding tert-OH is 3. The minimum absolute atomic E-state index is 0.0176. The summed E-state index contributed by atoms with van der Waals surface area (Å²) in [6, 6.07) is -3.80. The molecule has 1 fully saturated rings. The number of carbonyl (C=O) groups is 3. The zero-order chi connectivity index (χ0) is 27.0. The van der Waals surface area contributed by atoms with Crippen LogP contribution in [0.4, 0.5) is 8.78 Å². The van der Waals surface area contributed by atoms with Gasteiger partial charge in [0.1, 0.15) is 24.4 Å². The van der Waals surface area contributed by atoms with Crippen molar-refractivity contribution in [1.29, 1.82) is 0 Å². The van der Waals surface area contributed by atoms with Gasteiger partial charge in [0.25, 0.3) is 5.79 Å². The number of carbonyl (C=O) groups excluding carboxylic acids is 2. The van der Waals surface area contributed by atoms with E-state index in [9.17, 15) is 38.5 Å². The van der Waals surface area contributed by atoms with Crippen LogP contribution in [-0.4, -0.2) is 118 Å². The number of carboxylic acid groups (broad SMARTS) is 1. The second-order valence-electron chi connectivity index (χ2n) is 8.38. The maximum absolute atomic E-state index is 14.6. The Hall–Kier alpha value is -2.05. The van der Waals surface area contributed by atoms with Gasteiger partial charge in [-0.1, -0.05) is 6.42 Å². The molecule has 0 radical (unpaired) electrons. The van der Waals surface area contributed by atoms with Crippen molar-refractivity contribution in [3.8, 4) is 0 Å². The topological polar surface area (TPSA) is 250 Å². The number of halogens is 2. The van der Waals surface area contributed by atoms with Crippen LogP contribution in [0.3, 0.4) is 0 Å². The van der Waals surface area contributed by atoms with E-state index >= 15 is 0 Å². The minimum Gasteiger partial charge on any atom is -0.480 e. The Bertz CT molecular complexity index is 733. The number of nitrogens with two attached hydrogens (primary N) is 2. The molecule has 1 aliphatic rings. The van der Waals surface area contributed by atoms with Crippen LogP contribution in [0.2, 0.25) is 0 Å². The molecule has 0 saturated carbocycles. The van der Waals surface area contributed by atoms with E-state index in [4.69, 9.17) is 26.4 Å². The van der Waals surface area contributed by atoms with E-state index in [-0.39, 0.29) is 13.0 Å². The summed E-state index contributed by atoms with van der Waals surface area (Å²) in [6.45, 7) is -1.22. The van der Waals surface area contributed by atoms with E-state index in [2.05, 4.69) is 16.0 Å². The quantitative estimate of drug-likeness (QED) is 0.0984. The Kier molecular flexibility index (Phi) is 11.8. The van der Waals surface area contributed by atoms with Crippen LogP contribution in [-0.2, 0) is 19.1 Å². The molecule has 1 aliphatic heterocycles. The normalized spacial score (nSPS) is 28.7. The number of carboxylic acids is 1. The molecule has 0 aromatic carbocycles. The van der Waals surface area contributed by atoms with Gasteiger partial charge in [-0.25, -0.2) is 0 Å². The second-order valence-corrected chi connectivity index (χ2v) is 8.38. The molecule has 0 aromatic rings. The highest BCUT2D eigenvalue weighted by Gasteiger charge is 2.65. The summed E-state index contributed by atoms with van der Waals surface area (Å²) in [5, 5.41) is 54.7. The van der Waals surface area contributed by atoms with Crippen LogP contribution in [0.25, 0.3) is 0 Å². The van der Waals surface area contributed by atoms with Crippen molar-refractivity contribution in [2.45, 2.75) is 74.3 Å². The minimum atomic E-state index is -4.05. The van der Waals surface area contributed by atoms with Gasteiger partial charge in [0, 0.05) is 0 Å². The highest BCUT2D eigenvalue weighted by Crippen LogP contribution is 2.38. The van der Waals surface area contributed by atoms with E-state index in [1.54, 1.807) is 0 Å². The van der Waals surface area contributed by atoms with Crippen molar-refractivity contribution in [2.24, 2.45) is 11.5 Å². The van der Waals surface area contributed by atoms with Crippen molar-refractivity contribution >= 4 is 17.8 Å². The summed E-state index contributed by atoms with van der Waals surface area (Å²) < 4.78 is 33.9. The van der Waals surface area contributed by atoms with Gasteiger partial charge < -0.3 is 57.7 Å². The number of unbranched alkanes of at least 4 members (excludes halogenated alkanes) is 1. The zero-order valence-electron chi connectivity index (χ0n) is 19.2. The largest absolute Gasteiger partial charge is 0.480 e. The Morgan fingerprint density at radius 2 is 1.86 bits per heavy atom. The van der Waals surface area contributed by atoms with E-state index in [1.165, 1.54) is 6.92 Å². The van der Waals surface area contributed by atoms with E-state index < -0.39 is 85.6 Å². The number of hydrogen-bond donors (Lipinski definition) is 10. The second kappa shape index (κ2) is 13.3. The summed E-state index contributed by atoms with van der Waals surface area (Å²) in [6.07, 6.45) is -4.82. The fraction of sp³-hybridized carbons (Fsp3) is 0.842. The van der Waals surface area contributed by atoms with Crippen LogP contribution < -0.4 is 27.4 Å². The molecular formula is C19H35F2N5O9. The van der Waals surface area contributed by atoms with Crippen molar-refractivity contribution < 1.29 is 53.4 Å². The Labute approximate surface area is 200 Å². The average Bonchev–Trinajstić information content (AvgIpc) is 2.80. The van der Waals surface area contributed by atoms with E-state index in [0.717, 1.165) is 0 Å². The maximum Gasteiger partial charge on any atom is 0.325 e. The molecule has 204 valence electrons. The predicted octanol–water partition coefficient (Wildman–Crippen LogP) is -4.46. The van der Waals surface area contributed by atoms with Crippen molar-refractivity contribution in [3.63, 3.8) is 0 Å². The number of nitrogens with one attached hydrogen (secondary N) is 3. The first-order valence-electron chi connectivity index (χ1n) is 10.9. The molecule has 1 rings (SSSR count). The molecule has 1 unspecified atom stereocenters. The van der Waals surface area contributed by atoms with Crippen molar-refractivity contribution in [3.05, 3.63) is 0 Å². The third kappa shape index (κ3) is 8.25. The average molecular weight is 516 g/mol. The predicted molar refractivity (Wildman–Crippen MR) is 115 cm³/mol. The molecule has 35 heavy (non-hydrogen) atoms. The smallest absolute Gasteiger partial charge is 0.325 e. The lowest BCUT2D eigenvalue weighted by Gasteiger charge is -2.48. The summed E-state index contributed by atoms with van der Waals surface area (Å²) >= 11 is 0. The molecule has 2 amide bonds. The van der Waals surface area contributed by atoms with Crippen LogP contribution in [0.15, 0.2) is 0 Å². The molecule has 14 nitrogen and oxygen atoms in total. The van der Waals surface area contributed by atoms with Gasteiger partial charge in [0.15, 0.2) is 0 Å². The van der Waals surface area contributed by atoms with E-state index in [0.29, 0.717) is 12.8 Å². The standard InChI is InChI=1S/C19H35F2N5O9/c1-9(17(32)33)26-12(28)6-25-16(31)10(22)4-2-3-5-24-8-18(20,21)19(34)15(30)13(23)14(29)11(7-27)35-19/h9-11,13-15,24,27,29-30,34H,2-8,22-23H2,1H3,(H,25,31)(H,26,28)(H,32,33)/t9-,10-,11+,13-,14-,15+,19?/m0/s1. The highest BCUT2D eigenvalue weighted by atomic mass is 19.3. The Balaban J connectivity index is 2.38. The number of ether oxygens (including phenoxy) is 1. The zero-order valence-corrected chi connectivity index (χ0v) is 19.2. The van der Waals surface area contributed by atoms with E-state index in [1.807, 2.05) is 0 Å². The molecule has 0 bridgehead atoms. The van der Waals surface area contributed by atoms with Gasteiger partial charge in [-0.15, -0.1) is 0 Å². The summed E-state index contributed by atoms with van der Waals surface area (Å²) in [5.41, 5.74) is 11.2. The maximum atomic E-state index is 14.6. The molecule has 7 atom stereocenters. The van der Waals surface area contributed by atoms with Crippen LogP contribution in [0.5, 0.6) is 0 Å². The van der Waals surface area contributed by atoms with Crippen LogP contribution in [0, 0.1) is 0 Å². The SMILES string of the molecule is C[C@H](NC(=O)CNC(=O)[C@@H](N)CCCCNCC(F)(F)C1(O)O[C@H](CO)[C@H](O)[C@H](N)[C@H]1O)C(=O)O. The number of aliphatic hydroxyl groups is 4. The van der Waals surface area contributed by atoms with Crippen molar-refractivity contribution in [1.82, 2.24) is 16.0 Å². The molecule has 1 saturated heterocycles. The Morgan fingerprint density at radius 3 is 2.43 bits per heavy atom. The number of hydrogen-bond acceptors (Lipinski definition) is 11. The fourth-order valence-electron chi connectivity index (χ4n) is 3.28. The molecular weight excluding hydrogens is 480 g/mol. The molecule has 0 aromatic heterocycles. The lowest BCUT2D eigenvalue weighted by Crippen LogP contribution is -2.74. The number of alkyl halides is 2. The monoisotopic (exact) mass is 515 g/mol. The summed E-state index contributed by atoms with van der Waals surface area (Å²) in [5.74, 6) is -10.1. The third-order valence-electron chi connectivity index (χ3n) is 5.55. The lowest BCUT2D eigenvalue weighted by molar-refractivity contribution is -0.396. The summed E-state index contributed by atoms with van der Waals surface area (Å²) in [4.78, 5) is 34.1. The first-order valence-corrected chi connectivity index (χ1v) is 10.9. The number of amides is 2. The van der Waals surface area contributed by atoms with Gasteiger partial charge in [0.05, 0.1) is 31.8 Å². The van der Waals surface area contributed by atoms with Crippen molar-refractivity contribution in [2.75, 3.05) is 26.2 Å². The van der Waals surface area contributed by atoms with Crippen LogP contribution in [0.1, 0.15) is 26.2 Å². The number of aliphatic carboxylic acids is 1. The number of rotatable bonds is 14. The third-order valence-corrected chi connectivity index (χ3v) is 5.55. The fourth-order valence-corrected chi connectivity index (χ4v) is 3.28. The van der Waals surface area contributed by atoms with Gasteiger partial charge in [-0.3, -0.25) is 14.4 Å². The molecule has 12 N–H and O–H groups in total. The molecule has 0 aliphatic carbocycles. The Morgan fingerprint density at radius 1 is 1.23 bits per heavy atom. The van der Waals surface area contributed by atoms with Gasteiger partial charge in [-0.2, -0.15) is 8.78 Å². The highest BCUT2D eigenvalue weighted by molar-refractivity contribution is 5.89. The lowest BCUT2D eigenvalue weighted by atomic mass is 9.87. The van der Waals surface area contributed by atoms with Gasteiger partial charge in [-0.05, 0) is 26.3 Å². The first-order chi connectivity index (χ1) is 16.2. The van der Waals surface area contributed by atoms with Gasteiger partial charge in [0.2, 0.25) is 11.8 Å². The van der Waals surface area contributed by atoms with Crippen LogP contribution >= 0.6 is 0 Å².